The molecule has 0 aromatic heterocycles. The fourth-order valence-corrected chi connectivity index (χ4v) is 6.94. The summed E-state index contributed by atoms with van der Waals surface area (Å²) in [5.41, 5.74) is 5.07. The van der Waals surface area contributed by atoms with E-state index in [2.05, 4.69) is 26.5 Å². The molecule has 0 heterocycles. The van der Waals surface area contributed by atoms with Crippen LogP contribution in [-0.2, 0) is 27.2 Å². The fraction of sp³-hybridized carbons (Fsp3) is 0.615. The van der Waals surface area contributed by atoms with Gasteiger partial charge in [-0.1, -0.05) is 19.1 Å². The first-order chi connectivity index (χ1) is 14.3. The minimum absolute atomic E-state index is 0.0316. The van der Waals surface area contributed by atoms with Gasteiger partial charge in [0.1, 0.15) is 11.9 Å². The quantitative estimate of drug-likeness (QED) is 0.377. The second-order valence-corrected chi connectivity index (χ2v) is 9.80. The van der Waals surface area contributed by atoms with Gasteiger partial charge in [0.05, 0.1) is 0 Å². The largest absolute Gasteiger partial charge is 0.462 e. The van der Waals surface area contributed by atoms with Gasteiger partial charge >= 0.3 is 11.9 Å². The second kappa shape index (κ2) is 7.86. The lowest BCUT2D eigenvalue weighted by Gasteiger charge is -2.50. The third-order valence-corrected chi connectivity index (χ3v) is 8.09. The predicted octanol–water partition coefficient (Wildman–Crippen LogP) is 5.44. The Labute approximate surface area is 180 Å². The standard InChI is InChI=1S/C26H34O4/c1-6-7-18-14-15(2)19-8-9-20-21(24(19)25(18)30-17(4)28)12-13-26(5)22(20)10-11-23(26)29-16(3)27/h6,14,20-23H,1,7-13H2,2-5H3. The zero-order chi connectivity index (χ0) is 21.6. The number of fused-ring (bicyclic) bond motifs is 5. The van der Waals surface area contributed by atoms with E-state index in [1.807, 2.05) is 6.08 Å². The van der Waals surface area contributed by atoms with Gasteiger partial charge in [-0.2, -0.15) is 0 Å². The van der Waals surface area contributed by atoms with Crippen molar-refractivity contribution in [3.63, 3.8) is 0 Å². The van der Waals surface area contributed by atoms with Crippen LogP contribution >= 0.6 is 0 Å². The summed E-state index contributed by atoms with van der Waals surface area (Å²) in [6.07, 6.45) is 8.96. The molecule has 0 N–H and O–H groups in total. The van der Waals surface area contributed by atoms with Gasteiger partial charge < -0.3 is 9.47 Å². The molecule has 4 rings (SSSR count). The summed E-state index contributed by atoms with van der Waals surface area (Å²) < 4.78 is 11.6. The molecule has 0 aliphatic heterocycles. The molecule has 162 valence electrons. The van der Waals surface area contributed by atoms with Crippen LogP contribution < -0.4 is 4.74 Å². The fourth-order valence-electron chi connectivity index (χ4n) is 6.94. The first-order valence-electron chi connectivity index (χ1n) is 11.4. The number of hydrogen-bond acceptors (Lipinski definition) is 4. The minimum Gasteiger partial charge on any atom is -0.462 e. The Bertz CT molecular complexity index is 886. The first kappa shape index (κ1) is 21.1. The molecule has 4 heteroatoms. The molecule has 0 spiro atoms. The Morgan fingerprint density at radius 1 is 1.20 bits per heavy atom. The lowest BCUT2D eigenvalue weighted by Crippen LogP contribution is -2.45. The monoisotopic (exact) mass is 410 g/mol. The van der Waals surface area contributed by atoms with E-state index in [1.54, 1.807) is 0 Å². The van der Waals surface area contributed by atoms with Crippen molar-refractivity contribution in [3.05, 3.63) is 41.0 Å². The van der Waals surface area contributed by atoms with Crippen LogP contribution in [0.3, 0.4) is 0 Å². The Hall–Kier alpha value is -2.10. The van der Waals surface area contributed by atoms with Crippen molar-refractivity contribution in [1.29, 1.82) is 0 Å². The topological polar surface area (TPSA) is 52.6 Å². The zero-order valence-corrected chi connectivity index (χ0v) is 18.8. The van der Waals surface area contributed by atoms with E-state index in [0.717, 1.165) is 49.8 Å². The molecule has 0 amide bonds. The molecule has 4 nitrogen and oxygen atoms in total. The van der Waals surface area contributed by atoms with Crippen molar-refractivity contribution in [2.45, 2.75) is 84.7 Å². The maximum absolute atomic E-state index is 12.0. The van der Waals surface area contributed by atoms with E-state index < -0.39 is 0 Å². The van der Waals surface area contributed by atoms with E-state index >= 15 is 0 Å². The summed E-state index contributed by atoms with van der Waals surface area (Å²) in [6, 6.07) is 2.18. The van der Waals surface area contributed by atoms with Crippen molar-refractivity contribution in [2.75, 3.05) is 0 Å². The van der Waals surface area contributed by atoms with Crippen LogP contribution in [0.5, 0.6) is 5.75 Å². The van der Waals surface area contributed by atoms with Gasteiger partial charge in [-0.25, -0.2) is 0 Å². The number of ether oxygens (including phenoxy) is 2. The second-order valence-electron chi connectivity index (χ2n) is 9.80. The summed E-state index contributed by atoms with van der Waals surface area (Å²) in [6.45, 7) is 11.4. The molecule has 0 radical (unpaired) electrons. The highest BCUT2D eigenvalue weighted by molar-refractivity contribution is 5.71. The zero-order valence-electron chi connectivity index (χ0n) is 18.8. The summed E-state index contributed by atoms with van der Waals surface area (Å²) in [5.74, 6) is 1.85. The Morgan fingerprint density at radius 3 is 2.63 bits per heavy atom. The van der Waals surface area contributed by atoms with E-state index in [-0.39, 0.29) is 23.5 Å². The lowest BCUT2D eigenvalue weighted by molar-refractivity contribution is -0.154. The molecule has 3 aliphatic carbocycles. The first-order valence-corrected chi connectivity index (χ1v) is 11.4. The number of allylic oxidation sites excluding steroid dienone is 1. The number of rotatable bonds is 4. The molecule has 1 aromatic carbocycles. The van der Waals surface area contributed by atoms with E-state index in [1.165, 1.54) is 30.5 Å². The molecule has 5 unspecified atom stereocenters. The summed E-state index contributed by atoms with van der Waals surface area (Å²) >= 11 is 0. The highest BCUT2D eigenvalue weighted by Crippen LogP contribution is 2.62. The van der Waals surface area contributed by atoms with Gasteiger partial charge in [-0.3, -0.25) is 9.59 Å². The van der Waals surface area contributed by atoms with Gasteiger partial charge in [-0.05, 0) is 86.3 Å². The molecule has 30 heavy (non-hydrogen) atoms. The molecule has 3 aliphatic rings. The third-order valence-electron chi connectivity index (χ3n) is 8.09. The van der Waals surface area contributed by atoms with Gasteiger partial charge in [0, 0.05) is 24.8 Å². The van der Waals surface area contributed by atoms with Crippen molar-refractivity contribution in [3.8, 4) is 5.75 Å². The lowest BCUT2D eigenvalue weighted by atomic mass is 9.55. The molecule has 2 saturated carbocycles. The van der Waals surface area contributed by atoms with E-state index in [9.17, 15) is 9.59 Å². The van der Waals surface area contributed by atoms with Crippen molar-refractivity contribution in [2.24, 2.45) is 17.3 Å². The Morgan fingerprint density at radius 2 is 1.97 bits per heavy atom. The maximum atomic E-state index is 12.0. The molecule has 0 saturated heterocycles. The number of benzene rings is 1. The molecule has 1 aromatic rings. The average Bonchev–Trinajstić information content (AvgIpc) is 3.00. The number of carbonyl (C=O) groups is 2. The highest BCUT2D eigenvalue weighted by Gasteiger charge is 2.56. The normalized spacial score (nSPS) is 31.9. The van der Waals surface area contributed by atoms with Crippen LogP contribution in [-0.4, -0.2) is 18.0 Å². The minimum atomic E-state index is -0.259. The van der Waals surface area contributed by atoms with Crippen molar-refractivity contribution in [1.82, 2.24) is 0 Å². The molecule has 2 fully saturated rings. The number of hydrogen-bond donors (Lipinski definition) is 0. The summed E-state index contributed by atoms with van der Waals surface area (Å²) in [5, 5.41) is 0. The van der Waals surface area contributed by atoms with Gasteiger partial charge in [-0.15, -0.1) is 6.58 Å². The number of aryl methyl sites for hydroxylation is 1. The SMILES string of the molecule is C=CCc1cc(C)c2c(c1OC(C)=O)C1CCC3(C)C(OC(C)=O)CCC3C1CC2. The predicted molar refractivity (Wildman–Crippen MR) is 117 cm³/mol. The van der Waals surface area contributed by atoms with Crippen LogP contribution in [0, 0.1) is 24.2 Å². The molecular weight excluding hydrogens is 376 g/mol. The van der Waals surface area contributed by atoms with E-state index in [4.69, 9.17) is 9.47 Å². The number of carbonyl (C=O) groups excluding carboxylic acids is 2. The summed E-state index contributed by atoms with van der Waals surface area (Å²) in [4.78, 5) is 23.7. The molecule has 0 bridgehead atoms. The summed E-state index contributed by atoms with van der Waals surface area (Å²) in [7, 11) is 0. The van der Waals surface area contributed by atoms with Crippen molar-refractivity contribution >= 4 is 11.9 Å². The third kappa shape index (κ3) is 3.38. The number of esters is 2. The molecule has 5 atom stereocenters. The Balaban J connectivity index is 1.76. The van der Waals surface area contributed by atoms with E-state index in [0.29, 0.717) is 24.2 Å². The van der Waals surface area contributed by atoms with Crippen LogP contribution in [0.4, 0.5) is 0 Å². The maximum Gasteiger partial charge on any atom is 0.308 e. The van der Waals surface area contributed by atoms with Crippen LogP contribution in [0.15, 0.2) is 18.7 Å². The van der Waals surface area contributed by atoms with Crippen molar-refractivity contribution < 1.29 is 19.1 Å². The van der Waals surface area contributed by atoms with Gasteiger partial charge in [0.15, 0.2) is 0 Å². The van der Waals surface area contributed by atoms with Crippen LogP contribution in [0.2, 0.25) is 0 Å². The van der Waals surface area contributed by atoms with Crippen LogP contribution in [0.25, 0.3) is 0 Å². The average molecular weight is 411 g/mol. The van der Waals surface area contributed by atoms with Gasteiger partial charge in [0.25, 0.3) is 0 Å². The smallest absolute Gasteiger partial charge is 0.308 e. The molecular formula is C26H34O4. The van der Waals surface area contributed by atoms with Crippen LogP contribution in [0.1, 0.15) is 81.0 Å². The highest BCUT2D eigenvalue weighted by atomic mass is 16.5. The Kier molecular flexibility index (Phi) is 5.54. The van der Waals surface area contributed by atoms with Gasteiger partial charge in [0.2, 0.25) is 0 Å².